The fourth-order valence-electron chi connectivity index (χ4n) is 3.96. The summed E-state index contributed by atoms with van der Waals surface area (Å²) in [5.41, 5.74) is 1.14. The van der Waals surface area contributed by atoms with Crippen LogP contribution in [-0.4, -0.2) is 82.0 Å². The van der Waals surface area contributed by atoms with Crippen LogP contribution in [0.25, 0.3) is 0 Å². The molecule has 0 bridgehead atoms. The van der Waals surface area contributed by atoms with Gasteiger partial charge in [0.1, 0.15) is 0 Å². The molecule has 1 amide bonds. The number of aromatic nitrogens is 2. The minimum absolute atomic E-state index is 0. The van der Waals surface area contributed by atoms with Crippen molar-refractivity contribution in [1.82, 2.24) is 24.9 Å². The molecule has 0 spiro atoms. The minimum Gasteiger partial charge on any atom is -0.392 e. The van der Waals surface area contributed by atoms with E-state index in [0.717, 1.165) is 38.3 Å². The summed E-state index contributed by atoms with van der Waals surface area (Å²) in [5.74, 6) is 0.444. The summed E-state index contributed by atoms with van der Waals surface area (Å²) in [5, 5.41) is 17.2. The lowest BCUT2D eigenvalue weighted by molar-refractivity contribution is -0.138. The number of carbonyl (C=O) groups excluding carboxylic acids is 1. The molecule has 2 aliphatic rings. The molecule has 0 radical (unpaired) electrons. The first-order valence-corrected chi connectivity index (χ1v) is 8.86. The molecule has 9 heteroatoms. The van der Waals surface area contributed by atoms with Gasteiger partial charge in [-0.2, -0.15) is 5.10 Å². The second kappa shape index (κ2) is 9.90. The van der Waals surface area contributed by atoms with Gasteiger partial charge >= 0.3 is 0 Å². The fraction of sp³-hybridized carbons (Fsp3) is 0.765. The molecule has 3 rings (SSSR count). The molecule has 0 aliphatic carbocycles. The Hall–Kier alpha value is -0.860. The van der Waals surface area contributed by atoms with E-state index in [4.69, 9.17) is 0 Å². The van der Waals surface area contributed by atoms with Crippen LogP contribution in [0.3, 0.4) is 0 Å². The summed E-state index contributed by atoms with van der Waals surface area (Å²) >= 11 is 0. The number of hydrogen-bond donors (Lipinski definition) is 2. The highest BCUT2D eigenvalue weighted by Gasteiger charge is 2.38. The van der Waals surface area contributed by atoms with Crippen molar-refractivity contribution in [2.24, 2.45) is 13.0 Å². The van der Waals surface area contributed by atoms with E-state index < -0.39 is 0 Å². The number of halogens is 2. The maximum Gasteiger partial charge on any atom is 0.227 e. The molecule has 2 saturated heterocycles. The maximum atomic E-state index is 13.1. The van der Waals surface area contributed by atoms with Crippen LogP contribution in [0.4, 0.5) is 0 Å². The molecule has 0 saturated carbocycles. The normalized spacial score (nSPS) is 27.5. The topological polar surface area (TPSA) is 73.6 Å². The highest BCUT2D eigenvalue weighted by atomic mass is 35.5. The molecule has 2 aliphatic heterocycles. The van der Waals surface area contributed by atoms with E-state index in [9.17, 15) is 9.90 Å². The van der Waals surface area contributed by atoms with Crippen molar-refractivity contribution in [1.29, 1.82) is 0 Å². The van der Waals surface area contributed by atoms with Gasteiger partial charge in [-0.05, 0) is 19.4 Å². The van der Waals surface area contributed by atoms with E-state index in [1.54, 1.807) is 4.68 Å². The molecular formula is C17H31Cl2N5O2. The summed E-state index contributed by atoms with van der Waals surface area (Å²) in [6.07, 6.45) is 3.56. The first-order chi connectivity index (χ1) is 11.5. The van der Waals surface area contributed by atoms with Crippen molar-refractivity contribution in [3.05, 3.63) is 18.0 Å². The van der Waals surface area contributed by atoms with Gasteiger partial charge in [-0.3, -0.25) is 14.4 Å². The lowest BCUT2D eigenvalue weighted by Gasteiger charge is -2.41. The second-order valence-electron chi connectivity index (χ2n) is 7.30. The third-order valence-electron chi connectivity index (χ3n) is 5.26. The van der Waals surface area contributed by atoms with Crippen LogP contribution >= 0.6 is 24.8 Å². The number of nitrogens with one attached hydrogen (secondary N) is 1. The van der Waals surface area contributed by atoms with Crippen LogP contribution in [0, 0.1) is 5.92 Å². The monoisotopic (exact) mass is 407 g/mol. The highest BCUT2D eigenvalue weighted by molar-refractivity contribution is 5.85. The van der Waals surface area contributed by atoms with Gasteiger partial charge in [0.15, 0.2) is 0 Å². The van der Waals surface area contributed by atoms with E-state index in [2.05, 4.69) is 22.2 Å². The van der Waals surface area contributed by atoms with Crippen molar-refractivity contribution in [2.75, 3.05) is 39.3 Å². The Morgan fingerprint density at radius 1 is 1.38 bits per heavy atom. The van der Waals surface area contributed by atoms with Crippen LogP contribution in [0.5, 0.6) is 0 Å². The number of rotatable bonds is 4. The molecule has 2 unspecified atom stereocenters. The van der Waals surface area contributed by atoms with Crippen LogP contribution in [0.1, 0.15) is 25.3 Å². The van der Waals surface area contributed by atoms with Crippen LogP contribution in [0.15, 0.2) is 12.4 Å². The van der Waals surface area contributed by atoms with Crippen LogP contribution < -0.4 is 5.32 Å². The van der Waals surface area contributed by atoms with E-state index >= 15 is 0 Å². The van der Waals surface area contributed by atoms with E-state index in [1.165, 1.54) is 0 Å². The second-order valence-corrected chi connectivity index (χ2v) is 7.30. The number of aryl methyl sites for hydroxylation is 1. The van der Waals surface area contributed by atoms with Crippen molar-refractivity contribution >= 4 is 30.7 Å². The van der Waals surface area contributed by atoms with Gasteiger partial charge in [-0.1, -0.05) is 0 Å². The van der Waals surface area contributed by atoms with Crippen molar-refractivity contribution in [3.8, 4) is 0 Å². The molecule has 3 heterocycles. The Labute approximate surface area is 167 Å². The molecule has 7 nitrogen and oxygen atoms in total. The summed E-state index contributed by atoms with van der Waals surface area (Å²) in [7, 11) is 1.91. The van der Waals surface area contributed by atoms with Crippen molar-refractivity contribution < 1.29 is 9.90 Å². The zero-order valence-electron chi connectivity index (χ0n) is 15.7. The van der Waals surface area contributed by atoms with Gasteiger partial charge in [-0.25, -0.2) is 0 Å². The predicted octanol–water partition coefficient (Wildman–Crippen LogP) is 0.480. The number of hydrogen-bond acceptors (Lipinski definition) is 5. The average Bonchev–Trinajstić information content (AvgIpc) is 3.16. The van der Waals surface area contributed by atoms with Crippen LogP contribution in [0.2, 0.25) is 0 Å². The van der Waals surface area contributed by atoms with Gasteiger partial charge < -0.3 is 15.3 Å². The third kappa shape index (κ3) is 5.10. The Bertz CT molecular complexity index is 583. The standard InChI is InChI=1S/C17H29N5O2.2ClH/c1-12-9-22(5-4-21(12)10-13(2)23)17(24)16-8-18-7-15(16)14-6-19-20(3)11-14;;/h6,11-13,15-16,18,23H,4-5,7-10H2,1-3H3;2*1H/t12?,13?,15-,16+;;/m1../s1. The number of β-amino-alcohol motifs (C(OH)–C–C–N with tert-alkyl or cyclic N) is 1. The van der Waals surface area contributed by atoms with E-state index in [1.807, 2.05) is 31.3 Å². The molecule has 1 aromatic heterocycles. The number of aliphatic hydroxyl groups excluding tert-OH is 1. The average molecular weight is 408 g/mol. The summed E-state index contributed by atoms with van der Waals surface area (Å²) < 4.78 is 1.80. The zero-order valence-corrected chi connectivity index (χ0v) is 17.3. The first-order valence-electron chi connectivity index (χ1n) is 8.86. The van der Waals surface area contributed by atoms with Crippen LogP contribution in [-0.2, 0) is 11.8 Å². The Morgan fingerprint density at radius 2 is 2.12 bits per heavy atom. The summed E-state index contributed by atoms with van der Waals surface area (Å²) in [4.78, 5) is 17.3. The molecule has 0 aromatic carbocycles. The Balaban J connectivity index is 0.00000169. The molecule has 2 fully saturated rings. The number of nitrogens with zero attached hydrogens (tertiary/aromatic N) is 4. The van der Waals surface area contributed by atoms with Crippen molar-refractivity contribution in [3.63, 3.8) is 0 Å². The lowest BCUT2D eigenvalue weighted by atomic mass is 9.89. The maximum absolute atomic E-state index is 13.1. The quantitative estimate of drug-likeness (QED) is 0.759. The van der Waals surface area contributed by atoms with Gasteiger partial charge in [0.25, 0.3) is 0 Å². The number of carbonyl (C=O) groups is 1. The van der Waals surface area contributed by atoms with Gasteiger partial charge in [-0.15, -0.1) is 24.8 Å². The van der Waals surface area contributed by atoms with Gasteiger partial charge in [0.2, 0.25) is 5.91 Å². The number of aliphatic hydroxyl groups is 1. The van der Waals surface area contributed by atoms with E-state index in [0.29, 0.717) is 6.54 Å². The third-order valence-corrected chi connectivity index (χ3v) is 5.26. The molecule has 26 heavy (non-hydrogen) atoms. The van der Waals surface area contributed by atoms with Gasteiger partial charge in [0.05, 0.1) is 18.2 Å². The Morgan fingerprint density at radius 3 is 2.69 bits per heavy atom. The minimum atomic E-state index is -0.330. The molecule has 2 N–H and O–H groups in total. The molecule has 1 aromatic rings. The molecular weight excluding hydrogens is 377 g/mol. The first kappa shape index (κ1) is 23.2. The van der Waals surface area contributed by atoms with E-state index in [-0.39, 0.29) is 54.7 Å². The largest absolute Gasteiger partial charge is 0.392 e. The zero-order chi connectivity index (χ0) is 17.3. The number of piperazine rings is 1. The summed E-state index contributed by atoms with van der Waals surface area (Å²) in [6, 6.07) is 0.281. The lowest BCUT2D eigenvalue weighted by Crippen LogP contribution is -2.56. The fourth-order valence-corrected chi connectivity index (χ4v) is 3.96. The number of amides is 1. The Kier molecular flexibility index (Phi) is 8.82. The van der Waals surface area contributed by atoms with Crippen molar-refractivity contribution in [2.45, 2.75) is 31.9 Å². The van der Waals surface area contributed by atoms with Gasteiger partial charge in [0, 0.05) is 64.5 Å². The smallest absolute Gasteiger partial charge is 0.227 e. The summed E-state index contributed by atoms with van der Waals surface area (Å²) in [6.45, 7) is 8.50. The SMILES string of the molecule is CC(O)CN1CCN(C(=O)[C@H]2CNC[C@@H]2c2cnn(C)c2)CC1C.Cl.Cl. The highest BCUT2D eigenvalue weighted by Crippen LogP contribution is 2.30. The predicted molar refractivity (Wildman–Crippen MR) is 106 cm³/mol. The molecule has 4 atom stereocenters. The molecule has 150 valence electrons.